The Morgan fingerprint density at radius 2 is 2.00 bits per heavy atom. The summed E-state index contributed by atoms with van der Waals surface area (Å²) in [5.74, 6) is 0.154. The third-order valence-electron chi connectivity index (χ3n) is 2.14. The lowest BCUT2D eigenvalue weighted by molar-refractivity contribution is 0.609. The van der Waals surface area contributed by atoms with Gasteiger partial charge in [0.25, 0.3) is 0 Å². The minimum absolute atomic E-state index is 0.120. The van der Waals surface area contributed by atoms with Crippen LogP contribution in [-0.4, -0.2) is 6.04 Å². The van der Waals surface area contributed by atoms with Gasteiger partial charge in [-0.3, -0.25) is 0 Å². The molecule has 2 N–H and O–H groups in total. The smallest absolute Gasteiger partial charge is 0.126 e. The normalized spacial score (nSPS) is 28.5. The van der Waals surface area contributed by atoms with Crippen LogP contribution < -0.4 is 5.73 Å². The Hall–Kier alpha value is -0.890. The van der Waals surface area contributed by atoms with Crippen molar-refractivity contribution in [1.82, 2.24) is 0 Å². The van der Waals surface area contributed by atoms with Crippen LogP contribution in [0.3, 0.4) is 0 Å². The Balaban J connectivity index is 2.31. The van der Waals surface area contributed by atoms with E-state index in [4.69, 9.17) is 5.73 Å². The Kier molecular flexibility index (Phi) is 1.43. The van der Waals surface area contributed by atoms with Crippen LogP contribution in [0.15, 0.2) is 24.3 Å². The van der Waals surface area contributed by atoms with Crippen LogP contribution in [0, 0.1) is 5.82 Å². The third kappa shape index (κ3) is 1.14. The van der Waals surface area contributed by atoms with Crippen molar-refractivity contribution in [2.24, 2.45) is 5.73 Å². The van der Waals surface area contributed by atoms with Gasteiger partial charge in [0, 0.05) is 12.0 Å². The summed E-state index contributed by atoms with van der Waals surface area (Å²) < 4.78 is 13.0. The van der Waals surface area contributed by atoms with Crippen LogP contribution >= 0.6 is 0 Å². The molecule has 1 aliphatic rings. The molecule has 0 amide bonds. The fourth-order valence-corrected chi connectivity index (χ4v) is 1.35. The van der Waals surface area contributed by atoms with Gasteiger partial charge in [-0.2, -0.15) is 0 Å². The van der Waals surface area contributed by atoms with Gasteiger partial charge in [0.2, 0.25) is 0 Å². The highest BCUT2D eigenvalue weighted by atomic mass is 19.1. The first-order valence-corrected chi connectivity index (χ1v) is 3.79. The lowest BCUT2D eigenvalue weighted by Crippen LogP contribution is -2.01. The van der Waals surface area contributed by atoms with Gasteiger partial charge in [-0.25, -0.2) is 4.39 Å². The molecule has 1 aromatic rings. The molecule has 2 heteroatoms. The van der Waals surface area contributed by atoms with Crippen molar-refractivity contribution in [3.05, 3.63) is 35.6 Å². The maximum Gasteiger partial charge on any atom is 0.126 e. The molecule has 0 radical (unpaired) electrons. The van der Waals surface area contributed by atoms with Crippen LogP contribution in [0.25, 0.3) is 0 Å². The van der Waals surface area contributed by atoms with Gasteiger partial charge in [0.15, 0.2) is 0 Å². The number of nitrogens with two attached hydrogens (primary N) is 1. The van der Waals surface area contributed by atoms with Crippen molar-refractivity contribution in [2.75, 3.05) is 0 Å². The Labute approximate surface area is 65.0 Å². The highest BCUT2D eigenvalue weighted by Crippen LogP contribution is 2.39. The monoisotopic (exact) mass is 151 g/mol. The van der Waals surface area contributed by atoms with Crippen LogP contribution in [-0.2, 0) is 0 Å². The molecule has 0 heterocycles. The number of hydrogen-bond acceptors (Lipinski definition) is 1. The van der Waals surface area contributed by atoms with Crippen LogP contribution in [0.2, 0.25) is 0 Å². The number of halogens is 1. The number of hydrogen-bond donors (Lipinski definition) is 1. The lowest BCUT2D eigenvalue weighted by Gasteiger charge is -1.98. The van der Waals surface area contributed by atoms with Crippen molar-refractivity contribution >= 4 is 0 Å². The van der Waals surface area contributed by atoms with Crippen molar-refractivity contribution in [3.63, 3.8) is 0 Å². The predicted octanol–water partition coefficient (Wildman–Crippen LogP) is 1.64. The standard InChI is InChI=1S/C9H10FN/c10-8-4-2-1-3-6(8)7-5-9(7)11/h1-4,7,9H,5,11H2/t7-,9-/m1/s1. The Morgan fingerprint density at radius 1 is 1.36 bits per heavy atom. The van der Waals surface area contributed by atoms with E-state index in [0.29, 0.717) is 0 Å². The predicted molar refractivity (Wildman–Crippen MR) is 41.7 cm³/mol. The molecule has 1 saturated carbocycles. The summed E-state index contributed by atoms with van der Waals surface area (Å²) in [6.07, 6.45) is 0.931. The molecule has 0 spiro atoms. The Bertz CT molecular complexity index is 272. The number of benzene rings is 1. The zero-order chi connectivity index (χ0) is 7.84. The molecular formula is C9H10FN. The Morgan fingerprint density at radius 3 is 2.55 bits per heavy atom. The third-order valence-corrected chi connectivity index (χ3v) is 2.14. The van der Waals surface area contributed by atoms with E-state index in [1.54, 1.807) is 6.07 Å². The van der Waals surface area contributed by atoms with E-state index in [9.17, 15) is 4.39 Å². The van der Waals surface area contributed by atoms with E-state index in [1.165, 1.54) is 6.07 Å². The SMILES string of the molecule is N[C@@H]1C[C@@H]1c1ccccc1F. The second-order valence-corrected chi connectivity index (χ2v) is 3.03. The van der Waals surface area contributed by atoms with Gasteiger partial charge in [-0.15, -0.1) is 0 Å². The minimum Gasteiger partial charge on any atom is -0.327 e. The summed E-state index contributed by atoms with van der Waals surface area (Å²) in [4.78, 5) is 0. The van der Waals surface area contributed by atoms with Gasteiger partial charge < -0.3 is 5.73 Å². The highest BCUT2D eigenvalue weighted by Gasteiger charge is 2.36. The highest BCUT2D eigenvalue weighted by molar-refractivity contribution is 5.28. The molecule has 1 nitrogen and oxygen atoms in total. The molecule has 1 aromatic carbocycles. The zero-order valence-corrected chi connectivity index (χ0v) is 6.13. The molecule has 0 aliphatic heterocycles. The van der Waals surface area contributed by atoms with Crippen molar-refractivity contribution < 1.29 is 4.39 Å². The van der Waals surface area contributed by atoms with E-state index in [1.807, 2.05) is 12.1 Å². The van der Waals surface area contributed by atoms with E-state index >= 15 is 0 Å². The van der Waals surface area contributed by atoms with Crippen LogP contribution in [0.4, 0.5) is 4.39 Å². The van der Waals surface area contributed by atoms with Gasteiger partial charge in [0.1, 0.15) is 5.82 Å². The van der Waals surface area contributed by atoms with E-state index in [0.717, 1.165) is 12.0 Å². The quantitative estimate of drug-likeness (QED) is 0.648. The van der Waals surface area contributed by atoms with Crippen molar-refractivity contribution in [3.8, 4) is 0 Å². The molecular weight excluding hydrogens is 141 g/mol. The largest absolute Gasteiger partial charge is 0.327 e. The summed E-state index contributed by atoms with van der Waals surface area (Å²) in [7, 11) is 0. The van der Waals surface area contributed by atoms with Gasteiger partial charge in [-0.05, 0) is 18.1 Å². The average molecular weight is 151 g/mol. The van der Waals surface area contributed by atoms with Gasteiger partial charge >= 0.3 is 0 Å². The summed E-state index contributed by atoms with van der Waals surface area (Å²) in [6.45, 7) is 0. The second-order valence-electron chi connectivity index (χ2n) is 3.03. The molecule has 0 aromatic heterocycles. The van der Waals surface area contributed by atoms with Crippen molar-refractivity contribution in [1.29, 1.82) is 0 Å². The van der Waals surface area contributed by atoms with Gasteiger partial charge in [-0.1, -0.05) is 18.2 Å². The maximum atomic E-state index is 13.0. The van der Waals surface area contributed by atoms with Crippen molar-refractivity contribution in [2.45, 2.75) is 18.4 Å². The fourth-order valence-electron chi connectivity index (χ4n) is 1.35. The summed E-state index contributed by atoms with van der Waals surface area (Å²) >= 11 is 0. The maximum absolute atomic E-state index is 13.0. The first kappa shape index (κ1) is 6.80. The zero-order valence-electron chi connectivity index (χ0n) is 6.13. The van der Waals surface area contributed by atoms with E-state index in [-0.39, 0.29) is 17.8 Å². The van der Waals surface area contributed by atoms with Crippen LogP contribution in [0.1, 0.15) is 17.9 Å². The molecule has 0 unspecified atom stereocenters. The minimum atomic E-state index is -0.120. The fraction of sp³-hybridized carbons (Fsp3) is 0.333. The van der Waals surface area contributed by atoms with E-state index < -0.39 is 0 Å². The molecule has 0 bridgehead atoms. The molecule has 2 atom stereocenters. The summed E-state index contributed by atoms with van der Waals surface area (Å²) in [5, 5.41) is 0. The first-order valence-electron chi connectivity index (χ1n) is 3.79. The van der Waals surface area contributed by atoms with Gasteiger partial charge in [0.05, 0.1) is 0 Å². The molecule has 58 valence electrons. The second kappa shape index (κ2) is 2.31. The molecule has 2 rings (SSSR count). The molecule has 11 heavy (non-hydrogen) atoms. The van der Waals surface area contributed by atoms with Crippen LogP contribution in [0.5, 0.6) is 0 Å². The summed E-state index contributed by atoms with van der Waals surface area (Å²) in [5.41, 5.74) is 6.38. The average Bonchev–Trinajstić information content (AvgIpc) is 2.68. The molecule has 1 fully saturated rings. The summed E-state index contributed by atoms with van der Waals surface area (Å²) in [6, 6.07) is 7.04. The first-order chi connectivity index (χ1) is 5.29. The number of rotatable bonds is 1. The molecule has 0 saturated heterocycles. The topological polar surface area (TPSA) is 26.0 Å². The lowest BCUT2D eigenvalue weighted by atomic mass is 10.1. The van der Waals surface area contributed by atoms with E-state index in [2.05, 4.69) is 0 Å². The molecule has 1 aliphatic carbocycles.